The molecule has 3 heteroatoms. The van der Waals surface area contributed by atoms with Crippen LogP contribution in [0, 0.1) is 11.8 Å². The molecular weight excluding hydrogens is 277 g/mol. The van der Waals surface area contributed by atoms with Crippen LogP contribution in [0.4, 0.5) is 0 Å². The van der Waals surface area contributed by atoms with Gasteiger partial charge in [0.05, 0.1) is 0 Å². The van der Waals surface area contributed by atoms with E-state index in [4.69, 9.17) is 0 Å². The van der Waals surface area contributed by atoms with Crippen LogP contribution < -0.4 is 5.32 Å². The second-order valence-corrected chi connectivity index (χ2v) is 4.87. The average Bonchev–Trinajstić information content (AvgIpc) is 2.15. The SMILES string of the molecule is CC(=O)NCC1CCCC(CI)C1. The molecule has 1 N–H and O–H groups in total. The van der Waals surface area contributed by atoms with E-state index in [0.29, 0.717) is 0 Å². The van der Waals surface area contributed by atoms with Crippen molar-refractivity contribution >= 4 is 28.5 Å². The van der Waals surface area contributed by atoms with Gasteiger partial charge in [-0.1, -0.05) is 29.0 Å². The summed E-state index contributed by atoms with van der Waals surface area (Å²) in [6, 6.07) is 0. The lowest BCUT2D eigenvalue weighted by molar-refractivity contribution is -0.119. The van der Waals surface area contributed by atoms with Crippen molar-refractivity contribution in [2.75, 3.05) is 11.0 Å². The zero-order chi connectivity index (χ0) is 9.68. The van der Waals surface area contributed by atoms with E-state index in [0.717, 1.165) is 18.4 Å². The summed E-state index contributed by atoms with van der Waals surface area (Å²) in [4.78, 5) is 10.7. The molecule has 2 nitrogen and oxygen atoms in total. The second kappa shape index (κ2) is 5.83. The van der Waals surface area contributed by atoms with Crippen molar-refractivity contribution in [1.29, 1.82) is 0 Å². The Hall–Kier alpha value is 0.200. The third-order valence-electron chi connectivity index (χ3n) is 2.75. The molecular formula is C10H18INO. The van der Waals surface area contributed by atoms with E-state index in [1.807, 2.05) is 0 Å². The smallest absolute Gasteiger partial charge is 0.216 e. The minimum atomic E-state index is 0.108. The molecule has 0 spiro atoms. The molecule has 1 aliphatic rings. The molecule has 1 amide bonds. The van der Waals surface area contributed by atoms with Gasteiger partial charge in [-0.3, -0.25) is 4.79 Å². The molecule has 2 unspecified atom stereocenters. The van der Waals surface area contributed by atoms with E-state index >= 15 is 0 Å². The molecule has 0 saturated heterocycles. The molecule has 2 atom stereocenters. The van der Waals surface area contributed by atoms with Gasteiger partial charge in [-0.05, 0) is 31.1 Å². The molecule has 13 heavy (non-hydrogen) atoms. The Morgan fingerprint density at radius 1 is 1.46 bits per heavy atom. The summed E-state index contributed by atoms with van der Waals surface area (Å²) in [6.07, 6.45) is 5.34. The Morgan fingerprint density at radius 3 is 2.77 bits per heavy atom. The number of carbonyl (C=O) groups excluding carboxylic acids is 1. The number of hydrogen-bond donors (Lipinski definition) is 1. The minimum Gasteiger partial charge on any atom is -0.356 e. The van der Waals surface area contributed by atoms with E-state index < -0.39 is 0 Å². The molecule has 0 aromatic carbocycles. The monoisotopic (exact) mass is 295 g/mol. The fraction of sp³-hybridized carbons (Fsp3) is 0.900. The lowest BCUT2D eigenvalue weighted by atomic mass is 9.82. The number of hydrogen-bond acceptors (Lipinski definition) is 1. The maximum absolute atomic E-state index is 10.7. The van der Waals surface area contributed by atoms with Crippen molar-refractivity contribution in [2.45, 2.75) is 32.6 Å². The Labute approximate surface area is 94.0 Å². The first-order valence-electron chi connectivity index (χ1n) is 5.02. The number of carbonyl (C=O) groups is 1. The Bertz CT molecular complexity index is 172. The number of nitrogens with one attached hydrogen (secondary N) is 1. The van der Waals surface area contributed by atoms with E-state index in [2.05, 4.69) is 27.9 Å². The Balaban J connectivity index is 2.21. The zero-order valence-corrected chi connectivity index (χ0v) is 10.3. The van der Waals surface area contributed by atoms with E-state index in [9.17, 15) is 4.79 Å². The molecule has 1 rings (SSSR count). The Kier molecular flexibility index (Phi) is 5.06. The zero-order valence-electron chi connectivity index (χ0n) is 8.18. The van der Waals surface area contributed by atoms with Crippen molar-refractivity contribution < 1.29 is 4.79 Å². The van der Waals surface area contributed by atoms with Gasteiger partial charge in [0.1, 0.15) is 0 Å². The highest BCUT2D eigenvalue weighted by molar-refractivity contribution is 14.1. The fourth-order valence-corrected chi connectivity index (χ4v) is 2.82. The molecule has 0 bridgehead atoms. The highest BCUT2D eigenvalue weighted by atomic mass is 127. The molecule has 1 fully saturated rings. The van der Waals surface area contributed by atoms with Crippen LogP contribution in [0.15, 0.2) is 0 Å². The van der Waals surface area contributed by atoms with Gasteiger partial charge in [0, 0.05) is 17.9 Å². The minimum absolute atomic E-state index is 0.108. The van der Waals surface area contributed by atoms with Crippen molar-refractivity contribution in [1.82, 2.24) is 5.32 Å². The van der Waals surface area contributed by atoms with Crippen molar-refractivity contribution in [3.05, 3.63) is 0 Å². The van der Waals surface area contributed by atoms with Crippen LogP contribution in [0.2, 0.25) is 0 Å². The first-order chi connectivity index (χ1) is 6.22. The molecule has 0 aromatic rings. The average molecular weight is 295 g/mol. The summed E-state index contributed by atoms with van der Waals surface area (Å²) < 4.78 is 1.27. The standard InChI is InChI=1S/C10H18INO/c1-8(13)12-7-10-4-2-3-9(5-10)6-11/h9-10H,2-7H2,1H3,(H,12,13). The van der Waals surface area contributed by atoms with Crippen LogP contribution in [0.5, 0.6) is 0 Å². The summed E-state index contributed by atoms with van der Waals surface area (Å²) in [7, 11) is 0. The fourth-order valence-electron chi connectivity index (χ4n) is 2.02. The van der Waals surface area contributed by atoms with E-state index in [1.165, 1.54) is 30.1 Å². The van der Waals surface area contributed by atoms with Crippen LogP contribution in [-0.2, 0) is 4.79 Å². The summed E-state index contributed by atoms with van der Waals surface area (Å²) in [6.45, 7) is 2.49. The number of alkyl halides is 1. The van der Waals surface area contributed by atoms with Crippen LogP contribution in [0.25, 0.3) is 0 Å². The highest BCUT2D eigenvalue weighted by Crippen LogP contribution is 2.29. The third kappa shape index (κ3) is 4.29. The summed E-state index contributed by atoms with van der Waals surface area (Å²) >= 11 is 2.47. The first kappa shape index (κ1) is 11.3. The quantitative estimate of drug-likeness (QED) is 0.628. The molecule has 76 valence electrons. The predicted octanol–water partition coefficient (Wildman–Crippen LogP) is 2.36. The van der Waals surface area contributed by atoms with E-state index in [-0.39, 0.29) is 5.91 Å². The maximum atomic E-state index is 10.7. The summed E-state index contributed by atoms with van der Waals surface area (Å²) in [5.74, 6) is 1.74. The first-order valence-corrected chi connectivity index (χ1v) is 6.55. The second-order valence-electron chi connectivity index (χ2n) is 3.99. The molecule has 1 saturated carbocycles. The summed E-state index contributed by atoms with van der Waals surface area (Å²) in [5, 5.41) is 2.92. The van der Waals surface area contributed by atoms with E-state index in [1.54, 1.807) is 6.92 Å². The lowest BCUT2D eigenvalue weighted by Gasteiger charge is -2.27. The molecule has 0 aliphatic heterocycles. The molecule has 0 radical (unpaired) electrons. The van der Waals surface area contributed by atoms with Gasteiger partial charge < -0.3 is 5.32 Å². The van der Waals surface area contributed by atoms with Gasteiger partial charge in [-0.2, -0.15) is 0 Å². The lowest BCUT2D eigenvalue weighted by Crippen LogP contribution is -2.30. The number of rotatable bonds is 3. The van der Waals surface area contributed by atoms with Crippen molar-refractivity contribution in [3.63, 3.8) is 0 Å². The van der Waals surface area contributed by atoms with Gasteiger partial charge in [-0.15, -0.1) is 0 Å². The largest absolute Gasteiger partial charge is 0.356 e. The van der Waals surface area contributed by atoms with Gasteiger partial charge in [0.2, 0.25) is 5.91 Å². The van der Waals surface area contributed by atoms with Crippen LogP contribution in [0.1, 0.15) is 32.6 Å². The predicted molar refractivity (Wildman–Crippen MR) is 63.0 cm³/mol. The maximum Gasteiger partial charge on any atom is 0.216 e. The van der Waals surface area contributed by atoms with Gasteiger partial charge in [-0.25, -0.2) is 0 Å². The van der Waals surface area contributed by atoms with Crippen LogP contribution in [0.3, 0.4) is 0 Å². The Morgan fingerprint density at radius 2 is 2.15 bits per heavy atom. The highest BCUT2D eigenvalue weighted by Gasteiger charge is 2.20. The topological polar surface area (TPSA) is 29.1 Å². The number of amides is 1. The molecule has 1 aliphatic carbocycles. The van der Waals surface area contributed by atoms with Crippen molar-refractivity contribution in [2.24, 2.45) is 11.8 Å². The third-order valence-corrected chi connectivity index (χ3v) is 3.99. The summed E-state index contributed by atoms with van der Waals surface area (Å²) in [5.41, 5.74) is 0. The van der Waals surface area contributed by atoms with Crippen LogP contribution >= 0.6 is 22.6 Å². The molecule has 0 aromatic heterocycles. The van der Waals surface area contributed by atoms with Gasteiger partial charge in [0.15, 0.2) is 0 Å². The van der Waals surface area contributed by atoms with Gasteiger partial charge >= 0.3 is 0 Å². The van der Waals surface area contributed by atoms with Crippen LogP contribution in [-0.4, -0.2) is 16.9 Å². The van der Waals surface area contributed by atoms with Crippen molar-refractivity contribution in [3.8, 4) is 0 Å². The normalized spacial score (nSPS) is 28.5. The van der Waals surface area contributed by atoms with Gasteiger partial charge in [0.25, 0.3) is 0 Å². The molecule has 0 heterocycles. The number of halogens is 1.